The minimum atomic E-state index is 0.138. The average molecular weight is 263 g/mol. The lowest BCUT2D eigenvalue weighted by molar-refractivity contribution is -0.125. The molecule has 0 saturated carbocycles. The van der Waals surface area contributed by atoms with Crippen LogP contribution in [0.15, 0.2) is 18.2 Å². The van der Waals surface area contributed by atoms with E-state index in [0.717, 1.165) is 30.6 Å². The molecule has 106 valence electrons. The van der Waals surface area contributed by atoms with Crippen molar-refractivity contribution in [1.82, 2.24) is 5.32 Å². The van der Waals surface area contributed by atoms with Crippen molar-refractivity contribution < 1.29 is 9.53 Å². The predicted octanol–water partition coefficient (Wildman–Crippen LogP) is 3.10. The molecule has 0 aliphatic carbocycles. The lowest BCUT2D eigenvalue weighted by Gasteiger charge is -2.14. The summed E-state index contributed by atoms with van der Waals surface area (Å²) in [4.78, 5) is 11.9. The van der Waals surface area contributed by atoms with Crippen LogP contribution < -0.4 is 10.1 Å². The van der Waals surface area contributed by atoms with E-state index in [9.17, 15) is 4.79 Å². The van der Waals surface area contributed by atoms with Crippen LogP contribution in [0.25, 0.3) is 0 Å². The van der Waals surface area contributed by atoms with Crippen LogP contribution in [-0.2, 0) is 11.2 Å². The van der Waals surface area contributed by atoms with Crippen molar-refractivity contribution in [1.29, 1.82) is 0 Å². The molecule has 1 amide bonds. The Morgan fingerprint density at radius 2 is 2.00 bits per heavy atom. The molecule has 3 heteroatoms. The number of methoxy groups -OCH3 is 1. The van der Waals surface area contributed by atoms with Gasteiger partial charge in [-0.25, -0.2) is 0 Å². The van der Waals surface area contributed by atoms with Crippen LogP contribution >= 0.6 is 0 Å². The molecule has 0 atom stereocenters. The average Bonchev–Trinajstić information content (AvgIpc) is 2.40. The maximum atomic E-state index is 11.9. The SMILES string of the molecule is CCC(CC)C(=O)NCCc1cc(C)ccc1OC. The van der Waals surface area contributed by atoms with Crippen LogP contribution in [-0.4, -0.2) is 19.6 Å². The monoisotopic (exact) mass is 263 g/mol. The Morgan fingerprint density at radius 1 is 1.32 bits per heavy atom. The number of carbonyl (C=O) groups is 1. The van der Waals surface area contributed by atoms with Gasteiger partial charge < -0.3 is 10.1 Å². The summed E-state index contributed by atoms with van der Waals surface area (Å²) in [5, 5.41) is 3.01. The number of aryl methyl sites for hydroxylation is 1. The van der Waals surface area contributed by atoms with E-state index < -0.39 is 0 Å². The van der Waals surface area contributed by atoms with Gasteiger partial charge in [0.25, 0.3) is 0 Å². The van der Waals surface area contributed by atoms with Crippen LogP contribution in [0.5, 0.6) is 5.75 Å². The molecule has 3 nitrogen and oxygen atoms in total. The van der Waals surface area contributed by atoms with Gasteiger partial charge in [-0.05, 0) is 37.8 Å². The molecule has 0 fully saturated rings. The highest BCUT2D eigenvalue weighted by Gasteiger charge is 2.13. The summed E-state index contributed by atoms with van der Waals surface area (Å²) in [5.74, 6) is 1.19. The molecule has 1 rings (SSSR count). The first-order valence-corrected chi connectivity index (χ1v) is 7.03. The van der Waals surface area contributed by atoms with Gasteiger partial charge >= 0.3 is 0 Å². The fourth-order valence-corrected chi connectivity index (χ4v) is 2.23. The second kappa shape index (κ2) is 7.82. The number of carbonyl (C=O) groups excluding carboxylic acids is 1. The van der Waals surface area contributed by atoms with Crippen molar-refractivity contribution >= 4 is 5.91 Å². The summed E-state index contributed by atoms with van der Waals surface area (Å²) in [7, 11) is 1.68. The van der Waals surface area contributed by atoms with Gasteiger partial charge in [0.15, 0.2) is 0 Å². The fraction of sp³-hybridized carbons (Fsp3) is 0.562. The zero-order valence-corrected chi connectivity index (χ0v) is 12.5. The number of benzene rings is 1. The molecule has 0 bridgehead atoms. The Balaban J connectivity index is 2.53. The first-order chi connectivity index (χ1) is 9.12. The largest absolute Gasteiger partial charge is 0.496 e. The molecular weight excluding hydrogens is 238 g/mol. The summed E-state index contributed by atoms with van der Waals surface area (Å²) in [6.07, 6.45) is 2.60. The maximum absolute atomic E-state index is 11.9. The highest BCUT2D eigenvalue weighted by atomic mass is 16.5. The standard InChI is InChI=1S/C16H25NO2/c1-5-13(6-2)16(18)17-10-9-14-11-12(3)7-8-15(14)19-4/h7-8,11,13H,5-6,9-10H2,1-4H3,(H,17,18). The van der Waals surface area contributed by atoms with Gasteiger partial charge in [0.1, 0.15) is 5.75 Å². The molecule has 1 aromatic rings. The minimum Gasteiger partial charge on any atom is -0.496 e. The molecule has 0 radical (unpaired) electrons. The molecule has 0 saturated heterocycles. The third-order valence-corrected chi connectivity index (χ3v) is 3.49. The van der Waals surface area contributed by atoms with Crippen molar-refractivity contribution in [2.45, 2.75) is 40.0 Å². The molecule has 19 heavy (non-hydrogen) atoms. The summed E-state index contributed by atoms with van der Waals surface area (Å²) >= 11 is 0. The molecule has 0 heterocycles. The zero-order chi connectivity index (χ0) is 14.3. The Hall–Kier alpha value is -1.51. The van der Waals surface area contributed by atoms with E-state index in [4.69, 9.17) is 4.74 Å². The van der Waals surface area contributed by atoms with Crippen molar-refractivity contribution in [3.8, 4) is 5.75 Å². The van der Waals surface area contributed by atoms with Crippen molar-refractivity contribution in [2.75, 3.05) is 13.7 Å². The van der Waals surface area contributed by atoms with Crippen LogP contribution in [0.2, 0.25) is 0 Å². The number of nitrogens with one attached hydrogen (secondary N) is 1. The number of rotatable bonds is 7. The van der Waals surface area contributed by atoms with Gasteiger partial charge in [0.2, 0.25) is 5.91 Å². The first-order valence-electron chi connectivity index (χ1n) is 7.03. The van der Waals surface area contributed by atoms with Gasteiger partial charge in [-0.15, -0.1) is 0 Å². The Kier molecular flexibility index (Phi) is 6.40. The molecule has 0 spiro atoms. The summed E-state index contributed by atoms with van der Waals surface area (Å²) in [5.41, 5.74) is 2.36. The van der Waals surface area contributed by atoms with E-state index in [1.54, 1.807) is 7.11 Å². The van der Waals surface area contributed by atoms with Crippen molar-refractivity contribution in [3.05, 3.63) is 29.3 Å². The second-order valence-corrected chi connectivity index (χ2v) is 4.87. The van der Waals surface area contributed by atoms with E-state index >= 15 is 0 Å². The number of ether oxygens (including phenoxy) is 1. The smallest absolute Gasteiger partial charge is 0.223 e. The van der Waals surface area contributed by atoms with Gasteiger partial charge in [0, 0.05) is 12.5 Å². The van der Waals surface area contributed by atoms with E-state index in [0.29, 0.717) is 6.54 Å². The molecule has 1 aromatic carbocycles. The third kappa shape index (κ3) is 4.58. The first kappa shape index (κ1) is 15.5. The maximum Gasteiger partial charge on any atom is 0.223 e. The normalized spacial score (nSPS) is 10.6. The van der Waals surface area contributed by atoms with Crippen LogP contribution in [0.3, 0.4) is 0 Å². The molecule has 0 aliphatic rings. The minimum absolute atomic E-state index is 0.138. The Bertz CT molecular complexity index is 411. The highest BCUT2D eigenvalue weighted by molar-refractivity contribution is 5.78. The molecule has 1 N–H and O–H groups in total. The van der Waals surface area contributed by atoms with Gasteiger partial charge in [0.05, 0.1) is 7.11 Å². The van der Waals surface area contributed by atoms with Gasteiger partial charge in [-0.2, -0.15) is 0 Å². The van der Waals surface area contributed by atoms with E-state index in [2.05, 4.69) is 32.2 Å². The number of amides is 1. The lowest BCUT2D eigenvalue weighted by Crippen LogP contribution is -2.31. The number of hydrogen-bond acceptors (Lipinski definition) is 2. The van der Waals surface area contributed by atoms with Crippen LogP contribution in [0.4, 0.5) is 0 Å². The molecule has 0 aliphatic heterocycles. The van der Waals surface area contributed by atoms with Crippen LogP contribution in [0, 0.1) is 12.8 Å². The molecule has 0 aromatic heterocycles. The predicted molar refractivity (Wildman–Crippen MR) is 78.5 cm³/mol. The van der Waals surface area contributed by atoms with Crippen LogP contribution in [0.1, 0.15) is 37.8 Å². The van der Waals surface area contributed by atoms with E-state index in [-0.39, 0.29) is 11.8 Å². The van der Waals surface area contributed by atoms with Gasteiger partial charge in [-0.3, -0.25) is 4.79 Å². The van der Waals surface area contributed by atoms with Crippen molar-refractivity contribution in [3.63, 3.8) is 0 Å². The summed E-state index contributed by atoms with van der Waals surface area (Å²) < 4.78 is 5.33. The quantitative estimate of drug-likeness (QED) is 0.821. The van der Waals surface area contributed by atoms with E-state index in [1.165, 1.54) is 5.56 Å². The Labute approximate surface area is 116 Å². The van der Waals surface area contributed by atoms with Gasteiger partial charge in [-0.1, -0.05) is 31.5 Å². The number of hydrogen-bond donors (Lipinski definition) is 1. The Morgan fingerprint density at radius 3 is 2.58 bits per heavy atom. The second-order valence-electron chi connectivity index (χ2n) is 4.87. The third-order valence-electron chi connectivity index (χ3n) is 3.49. The summed E-state index contributed by atoms with van der Waals surface area (Å²) in [6, 6.07) is 6.13. The zero-order valence-electron chi connectivity index (χ0n) is 12.5. The molecule has 0 unspecified atom stereocenters. The lowest BCUT2D eigenvalue weighted by atomic mass is 10.0. The van der Waals surface area contributed by atoms with E-state index in [1.807, 2.05) is 12.1 Å². The molecular formula is C16H25NO2. The van der Waals surface area contributed by atoms with Crippen molar-refractivity contribution in [2.24, 2.45) is 5.92 Å². The summed E-state index contributed by atoms with van der Waals surface area (Å²) in [6.45, 7) is 6.83. The highest BCUT2D eigenvalue weighted by Crippen LogP contribution is 2.19. The topological polar surface area (TPSA) is 38.3 Å². The fourth-order valence-electron chi connectivity index (χ4n) is 2.23.